The highest BCUT2D eigenvalue weighted by Gasteiger charge is 2.09. The van der Waals surface area contributed by atoms with E-state index >= 15 is 0 Å². The van der Waals surface area contributed by atoms with Gasteiger partial charge in [-0.1, -0.05) is 24.3 Å². The van der Waals surface area contributed by atoms with Gasteiger partial charge in [0, 0.05) is 11.8 Å². The van der Waals surface area contributed by atoms with Crippen LogP contribution in [0.1, 0.15) is 5.56 Å². The lowest BCUT2D eigenvalue weighted by atomic mass is 10.1. The van der Waals surface area contributed by atoms with Gasteiger partial charge in [-0.05, 0) is 11.6 Å². The first-order chi connectivity index (χ1) is 6.77. The number of nitrogens with zero attached hydrogens (tertiary/aromatic N) is 1. The summed E-state index contributed by atoms with van der Waals surface area (Å²) in [6, 6.07) is 9.31. The number of hydrogen-bond acceptors (Lipinski definition) is 2. The van der Waals surface area contributed by atoms with Crippen molar-refractivity contribution in [2.75, 3.05) is 0 Å². The Hall–Kier alpha value is -1.90. The predicted octanol–water partition coefficient (Wildman–Crippen LogP) is 1.81. The Balaban J connectivity index is 2.52. The van der Waals surface area contributed by atoms with Crippen LogP contribution in [0.2, 0.25) is 0 Å². The van der Waals surface area contributed by atoms with Crippen molar-refractivity contribution in [1.82, 2.24) is 4.98 Å². The minimum absolute atomic E-state index is 0.0161. The molecule has 0 spiro atoms. The molecule has 0 amide bonds. The molecule has 1 N–H and O–H groups in total. The minimum Gasteiger partial charge on any atom is -0.481 e. The maximum atomic E-state index is 10.6. The zero-order valence-corrected chi connectivity index (χ0v) is 7.47. The molecule has 70 valence electrons. The van der Waals surface area contributed by atoms with Gasteiger partial charge in [0.05, 0.1) is 12.1 Å². The van der Waals surface area contributed by atoms with E-state index in [-0.39, 0.29) is 6.42 Å². The fourth-order valence-electron chi connectivity index (χ4n) is 1.46. The van der Waals surface area contributed by atoms with E-state index in [2.05, 4.69) is 4.98 Å². The highest BCUT2D eigenvalue weighted by Crippen LogP contribution is 2.22. The topological polar surface area (TPSA) is 50.2 Å². The second-order valence-corrected chi connectivity index (χ2v) is 3.06. The molecular formula is C11H9NO2. The molecule has 1 heterocycles. The van der Waals surface area contributed by atoms with Crippen LogP contribution in [0, 0.1) is 0 Å². The van der Waals surface area contributed by atoms with Crippen LogP contribution < -0.4 is 0 Å². The van der Waals surface area contributed by atoms with Crippen molar-refractivity contribution in [2.45, 2.75) is 6.42 Å². The second-order valence-electron chi connectivity index (χ2n) is 3.06. The molecule has 0 saturated heterocycles. The fourth-order valence-corrected chi connectivity index (χ4v) is 1.46. The smallest absolute Gasteiger partial charge is 0.307 e. The summed E-state index contributed by atoms with van der Waals surface area (Å²) >= 11 is 0. The van der Waals surface area contributed by atoms with Crippen LogP contribution in [0.5, 0.6) is 0 Å². The molecule has 3 heteroatoms. The highest BCUT2D eigenvalue weighted by molar-refractivity contribution is 5.75. The number of aliphatic carboxylic acids is 1. The number of carboxylic acids is 1. The summed E-state index contributed by atoms with van der Waals surface area (Å²) in [5, 5.41) is 8.72. The first-order valence-corrected chi connectivity index (χ1v) is 4.32. The summed E-state index contributed by atoms with van der Waals surface area (Å²) in [5.74, 6) is -0.833. The SMILES string of the molecule is O=C(O)Cc1ccccc2ccnc1-2. The summed E-state index contributed by atoms with van der Waals surface area (Å²) < 4.78 is 0. The maximum absolute atomic E-state index is 10.6. The number of carbonyl (C=O) groups is 1. The number of hydrogen-bond donors (Lipinski definition) is 1. The van der Waals surface area contributed by atoms with Gasteiger partial charge in [0.2, 0.25) is 0 Å². The molecule has 2 aliphatic rings. The van der Waals surface area contributed by atoms with Gasteiger partial charge in [0.15, 0.2) is 0 Å². The molecule has 2 rings (SSSR count). The molecule has 1 aliphatic carbocycles. The fraction of sp³-hybridized carbons (Fsp3) is 0.0909. The Morgan fingerprint density at radius 2 is 2.07 bits per heavy atom. The Kier molecular flexibility index (Phi) is 2.14. The largest absolute Gasteiger partial charge is 0.481 e. The van der Waals surface area contributed by atoms with Gasteiger partial charge in [0.1, 0.15) is 0 Å². The number of rotatable bonds is 2. The van der Waals surface area contributed by atoms with Crippen molar-refractivity contribution >= 4 is 5.97 Å². The molecule has 0 atom stereocenters. The molecule has 0 aromatic rings. The van der Waals surface area contributed by atoms with Crippen molar-refractivity contribution < 1.29 is 9.90 Å². The molecule has 3 nitrogen and oxygen atoms in total. The van der Waals surface area contributed by atoms with Gasteiger partial charge in [-0.2, -0.15) is 0 Å². The summed E-state index contributed by atoms with van der Waals surface area (Å²) in [4.78, 5) is 14.8. The zero-order valence-electron chi connectivity index (χ0n) is 7.47. The minimum atomic E-state index is -0.833. The van der Waals surface area contributed by atoms with Crippen molar-refractivity contribution in [3.05, 3.63) is 42.1 Å². The number of carboxylic acid groups (broad SMARTS) is 1. The van der Waals surface area contributed by atoms with E-state index < -0.39 is 5.97 Å². The monoisotopic (exact) mass is 187 g/mol. The predicted molar refractivity (Wildman–Crippen MR) is 52.2 cm³/mol. The Bertz CT molecular complexity index is 439. The van der Waals surface area contributed by atoms with Gasteiger partial charge in [-0.25, -0.2) is 0 Å². The Labute approximate surface area is 81.4 Å². The summed E-state index contributed by atoms with van der Waals surface area (Å²) in [6.45, 7) is 0. The molecule has 0 bridgehead atoms. The zero-order chi connectivity index (χ0) is 9.97. The Morgan fingerprint density at radius 3 is 2.86 bits per heavy atom. The average molecular weight is 187 g/mol. The molecule has 0 aromatic carbocycles. The van der Waals surface area contributed by atoms with Crippen LogP contribution in [0.3, 0.4) is 0 Å². The van der Waals surface area contributed by atoms with Crippen molar-refractivity contribution in [3.8, 4) is 11.3 Å². The third-order valence-electron chi connectivity index (χ3n) is 2.06. The van der Waals surface area contributed by atoms with E-state index in [1.54, 1.807) is 12.3 Å². The Morgan fingerprint density at radius 1 is 1.29 bits per heavy atom. The average Bonchev–Trinajstić information content (AvgIpc) is 2.51. The van der Waals surface area contributed by atoms with Gasteiger partial charge < -0.3 is 5.11 Å². The lowest BCUT2D eigenvalue weighted by Gasteiger charge is -1.97. The molecule has 0 fully saturated rings. The molecule has 0 aromatic heterocycles. The van der Waals surface area contributed by atoms with Crippen LogP contribution in [0.15, 0.2) is 36.5 Å². The van der Waals surface area contributed by atoms with Crippen molar-refractivity contribution in [3.63, 3.8) is 0 Å². The van der Waals surface area contributed by atoms with Crippen LogP contribution in [-0.4, -0.2) is 16.1 Å². The lowest BCUT2D eigenvalue weighted by molar-refractivity contribution is -0.136. The standard InChI is InChI=1S/C11H9NO2/c13-10(14)7-9-4-2-1-3-8-5-6-12-11(8)9/h1-6H,7H2,(H,13,14). The van der Waals surface area contributed by atoms with E-state index in [1.165, 1.54) is 0 Å². The molecular weight excluding hydrogens is 178 g/mol. The first-order valence-electron chi connectivity index (χ1n) is 4.32. The third-order valence-corrected chi connectivity index (χ3v) is 2.06. The van der Waals surface area contributed by atoms with E-state index in [0.717, 1.165) is 16.8 Å². The van der Waals surface area contributed by atoms with Crippen LogP contribution in [-0.2, 0) is 11.2 Å². The first kappa shape index (κ1) is 8.69. The number of fused-ring (bicyclic) bond motifs is 1. The van der Waals surface area contributed by atoms with E-state index in [9.17, 15) is 4.79 Å². The van der Waals surface area contributed by atoms with E-state index in [4.69, 9.17) is 5.11 Å². The summed E-state index contributed by atoms with van der Waals surface area (Å²) in [7, 11) is 0. The third kappa shape index (κ3) is 1.57. The van der Waals surface area contributed by atoms with Gasteiger partial charge in [0.25, 0.3) is 0 Å². The molecule has 1 aliphatic heterocycles. The van der Waals surface area contributed by atoms with Crippen molar-refractivity contribution in [2.24, 2.45) is 0 Å². The lowest BCUT2D eigenvalue weighted by Crippen LogP contribution is -2.00. The summed E-state index contributed by atoms with van der Waals surface area (Å²) in [6.07, 6.45) is 1.71. The van der Waals surface area contributed by atoms with Crippen molar-refractivity contribution in [1.29, 1.82) is 0 Å². The van der Waals surface area contributed by atoms with Gasteiger partial charge >= 0.3 is 5.97 Å². The number of aromatic nitrogens is 1. The molecule has 0 saturated carbocycles. The van der Waals surface area contributed by atoms with E-state index in [0.29, 0.717) is 0 Å². The van der Waals surface area contributed by atoms with Crippen LogP contribution >= 0.6 is 0 Å². The highest BCUT2D eigenvalue weighted by atomic mass is 16.4. The van der Waals surface area contributed by atoms with Crippen LogP contribution in [0.25, 0.3) is 11.3 Å². The summed E-state index contributed by atoms with van der Waals surface area (Å²) in [5.41, 5.74) is 2.51. The van der Waals surface area contributed by atoms with Gasteiger partial charge in [-0.15, -0.1) is 0 Å². The molecule has 0 radical (unpaired) electrons. The van der Waals surface area contributed by atoms with Crippen LogP contribution in [0.4, 0.5) is 0 Å². The second kappa shape index (κ2) is 3.46. The normalized spacial score (nSPS) is 10.3. The quantitative estimate of drug-likeness (QED) is 0.780. The van der Waals surface area contributed by atoms with Gasteiger partial charge in [-0.3, -0.25) is 9.78 Å². The molecule has 0 unspecified atom stereocenters. The maximum Gasteiger partial charge on any atom is 0.307 e. The molecule has 14 heavy (non-hydrogen) atoms. The van der Waals surface area contributed by atoms with E-state index in [1.807, 2.05) is 24.3 Å².